The molecule has 1 aliphatic rings. The topological polar surface area (TPSA) is 53.6 Å². The summed E-state index contributed by atoms with van der Waals surface area (Å²) in [4.78, 5) is 14.3. The molecule has 1 amide bonds. The van der Waals surface area contributed by atoms with Gasteiger partial charge in [0, 0.05) is 31.2 Å². The zero-order chi connectivity index (χ0) is 17.0. The fourth-order valence-electron chi connectivity index (χ4n) is 2.89. The van der Waals surface area contributed by atoms with Crippen LogP contribution in [0.4, 0.5) is 0 Å². The van der Waals surface area contributed by atoms with Crippen LogP contribution in [0.2, 0.25) is 0 Å². The Labute approximate surface area is 139 Å². The van der Waals surface area contributed by atoms with Gasteiger partial charge in [-0.05, 0) is 17.9 Å². The van der Waals surface area contributed by atoms with Crippen molar-refractivity contribution < 1.29 is 9.53 Å². The number of benzene rings is 1. The van der Waals surface area contributed by atoms with Crippen molar-refractivity contribution in [2.24, 2.45) is 5.41 Å². The van der Waals surface area contributed by atoms with Crippen LogP contribution < -0.4 is 15.6 Å². The molecule has 1 aromatic carbocycles. The van der Waals surface area contributed by atoms with Crippen molar-refractivity contribution in [2.75, 3.05) is 20.7 Å². The van der Waals surface area contributed by atoms with Gasteiger partial charge in [0.1, 0.15) is 5.75 Å². The van der Waals surface area contributed by atoms with Crippen LogP contribution in [0.1, 0.15) is 32.8 Å². The standard InChI is InChI=1S/C18H29N3O2/c1-18(2,3)16-11-14(19-20-16)12-21(4)17(22)10-13-8-6-7-9-15(13)23-5/h6-9,14,16,19-20H,10-12H2,1-5H3. The number of hydrogen-bond donors (Lipinski definition) is 2. The van der Waals surface area contributed by atoms with E-state index in [1.54, 1.807) is 12.0 Å². The summed E-state index contributed by atoms with van der Waals surface area (Å²) in [6, 6.07) is 8.38. The maximum absolute atomic E-state index is 12.5. The van der Waals surface area contributed by atoms with Crippen molar-refractivity contribution in [1.29, 1.82) is 0 Å². The maximum Gasteiger partial charge on any atom is 0.226 e. The van der Waals surface area contributed by atoms with Crippen molar-refractivity contribution in [3.8, 4) is 5.75 Å². The second-order valence-corrected chi connectivity index (χ2v) is 7.40. The molecule has 1 saturated heterocycles. The third-order valence-corrected chi connectivity index (χ3v) is 4.48. The van der Waals surface area contributed by atoms with Gasteiger partial charge in [-0.1, -0.05) is 39.0 Å². The molecule has 2 N–H and O–H groups in total. The average Bonchev–Trinajstić information content (AvgIpc) is 2.96. The van der Waals surface area contributed by atoms with Gasteiger partial charge in [0.05, 0.1) is 13.5 Å². The minimum atomic E-state index is 0.107. The molecule has 5 nitrogen and oxygen atoms in total. The first-order valence-electron chi connectivity index (χ1n) is 8.18. The Hall–Kier alpha value is -1.59. The maximum atomic E-state index is 12.5. The molecule has 0 saturated carbocycles. The van der Waals surface area contributed by atoms with Crippen LogP contribution in [0.15, 0.2) is 24.3 Å². The Balaban J connectivity index is 1.89. The molecule has 0 spiro atoms. The Morgan fingerprint density at radius 2 is 2.00 bits per heavy atom. The minimum absolute atomic E-state index is 0.107. The van der Waals surface area contributed by atoms with E-state index in [1.165, 1.54) is 0 Å². The molecule has 23 heavy (non-hydrogen) atoms. The summed E-state index contributed by atoms with van der Waals surface area (Å²) < 4.78 is 5.32. The van der Waals surface area contributed by atoms with E-state index in [9.17, 15) is 4.79 Å². The third-order valence-electron chi connectivity index (χ3n) is 4.48. The van der Waals surface area contributed by atoms with Gasteiger partial charge in [-0.3, -0.25) is 15.6 Å². The van der Waals surface area contributed by atoms with Crippen LogP contribution in [-0.4, -0.2) is 43.6 Å². The first kappa shape index (κ1) is 17.8. The number of carbonyl (C=O) groups excluding carboxylic acids is 1. The van der Waals surface area contributed by atoms with E-state index >= 15 is 0 Å². The highest BCUT2D eigenvalue weighted by Gasteiger charge is 2.33. The average molecular weight is 319 g/mol. The molecule has 0 radical (unpaired) electrons. The van der Waals surface area contributed by atoms with Gasteiger partial charge in [0.2, 0.25) is 5.91 Å². The van der Waals surface area contributed by atoms with Crippen LogP contribution in [0, 0.1) is 5.41 Å². The third kappa shape index (κ3) is 4.69. The second kappa shape index (κ2) is 7.32. The lowest BCUT2D eigenvalue weighted by atomic mass is 9.84. The fourth-order valence-corrected chi connectivity index (χ4v) is 2.89. The summed E-state index contributed by atoms with van der Waals surface area (Å²) in [6.07, 6.45) is 1.39. The van der Waals surface area contributed by atoms with Gasteiger partial charge in [0.15, 0.2) is 0 Å². The molecule has 1 fully saturated rings. The van der Waals surface area contributed by atoms with Crippen molar-refractivity contribution >= 4 is 5.91 Å². The van der Waals surface area contributed by atoms with Crippen LogP contribution in [0.5, 0.6) is 5.75 Å². The molecular formula is C18H29N3O2. The summed E-state index contributed by atoms with van der Waals surface area (Å²) in [5.74, 6) is 0.873. The van der Waals surface area contributed by atoms with Crippen molar-refractivity contribution in [2.45, 2.75) is 45.7 Å². The smallest absolute Gasteiger partial charge is 0.226 e. The van der Waals surface area contributed by atoms with E-state index in [2.05, 4.69) is 31.6 Å². The summed E-state index contributed by atoms with van der Waals surface area (Å²) >= 11 is 0. The molecule has 2 rings (SSSR count). The zero-order valence-electron chi connectivity index (χ0n) is 14.8. The fraction of sp³-hybridized carbons (Fsp3) is 0.611. The van der Waals surface area contributed by atoms with Crippen molar-refractivity contribution in [3.05, 3.63) is 29.8 Å². The summed E-state index contributed by atoms with van der Waals surface area (Å²) in [6.45, 7) is 7.38. The number of amides is 1. The molecule has 1 aromatic rings. The molecule has 2 unspecified atom stereocenters. The molecule has 1 heterocycles. The molecule has 0 aromatic heterocycles. The zero-order valence-corrected chi connectivity index (χ0v) is 14.8. The van der Waals surface area contributed by atoms with Crippen LogP contribution in [0.25, 0.3) is 0 Å². The van der Waals surface area contributed by atoms with E-state index < -0.39 is 0 Å². The lowest BCUT2D eigenvalue weighted by Crippen LogP contribution is -2.43. The molecule has 1 aliphatic heterocycles. The molecule has 5 heteroatoms. The van der Waals surface area contributed by atoms with E-state index in [-0.39, 0.29) is 17.4 Å². The van der Waals surface area contributed by atoms with Crippen molar-refractivity contribution in [3.63, 3.8) is 0 Å². The number of likely N-dealkylation sites (N-methyl/N-ethyl adjacent to an activating group) is 1. The Bertz CT molecular complexity index is 539. The second-order valence-electron chi connectivity index (χ2n) is 7.40. The van der Waals surface area contributed by atoms with Gasteiger partial charge in [-0.25, -0.2) is 0 Å². The number of methoxy groups -OCH3 is 1. The number of nitrogens with zero attached hydrogens (tertiary/aromatic N) is 1. The summed E-state index contributed by atoms with van der Waals surface area (Å²) in [5.41, 5.74) is 7.81. The van der Waals surface area contributed by atoms with E-state index in [1.807, 2.05) is 31.3 Å². The van der Waals surface area contributed by atoms with Crippen LogP contribution >= 0.6 is 0 Å². The minimum Gasteiger partial charge on any atom is -0.496 e. The lowest BCUT2D eigenvalue weighted by Gasteiger charge is -2.26. The molecule has 0 bridgehead atoms. The van der Waals surface area contributed by atoms with Gasteiger partial charge in [-0.15, -0.1) is 0 Å². The van der Waals surface area contributed by atoms with Crippen molar-refractivity contribution in [1.82, 2.24) is 15.8 Å². The molecule has 2 atom stereocenters. The number of rotatable bonds is 5. The number of hydrogen-bond acceptors (Lipinski definition) is 4. The Kier molecular flexibility index (Phi) is 5.65. The van der Waals surface area contributed by atoms with E-state index in [4.69, 9.17) is 4.74 Å². The quantitative estimate of drug-likeness (QED) is 0.871. The highest BCUT2D eigenvalue weighted by Crippen LogP contribution is 2.25. The highest BCUT2D eigenvalue weighted by molar-refractivity contribution is 5.79. The monoisotopic (exact) mass is 319 g/mol. The number of para-hydroxylation sites is 1. The van der Waals surface area contributed by atoms with E-state index in [0.29, 0.717) is 19.0 Å². The number of carbonyl (C=O) groups is 1. The Morgan fingerprint density at radius 1 is 1.30 bits per heavy atom. The Morgan fingerprint density at radius 3 is 2.61 bits per heavy atom. The predicted octanol–water partition coefficient (Wildman–Crippen LogP) is 1.98. The SMILES string of the molecule is COc1ccccc1CC(=O)N(C)CC1CC(C(C)(C)C)NN1. The van der Waals surface area contributed by atoms with Crippen LogP contribution in [0.3, 0.4) is 0 Å². The van der Waals surface area contributed by atoms with Gasteiger partial charge < -0.3 is 9.64 Å². The molecule has 128 valence electrons. The van der Waals surface area contributed by atoms with Gasteiger partial charge in [0.25, 0.3) is 0 Å². The molecule has 0 aliphatic carbocycles. The summed E-state index contributed by atoms with van der Waals surface area (Å²) in [7, 11) is 3.50. The number of nitrogens with one attached hydrogen (secondary N) is 2. The molecular weight excluding hydrogens is 290 g/mol. The summed E-state index contributed by atoms with van der Waals surface area (Å²) in [5, 5.41) is 0. The lowest BCUT2D eigenvalue weighted by molar-refractivity contribution is -0.129. The van der Waals surface area contributed by atoms with E-state index in [0.717, 1.165) is 17.7 Å². The first-order valence-corrected chi connectivity index (χ1v) is 8.18. The first-order chi connectivity index (χ1) is 10.8. The normalized spacial score (nSPS) is 21.3. The highest BCUT2D eigenvalue weighted by atomic mass is 16.5. The number of ether oxygens (including phenoxy) is 1. The van der Waals surface area contributed by atoms with Gasteiger partial charge >= 0.3 is 0 Å². The predicted molar refractivity (Wildman–Crippen MR) is 92.3 cm³/mol. The van der Waals surface area contributed by atoms with Crippen LogP contribution in [-0.2, 0) is 11.2 Å². The van der Waals surface area contributed by atoms with Gasteiger partial charge in [-0.2, -0.15) is 0 Å². The number of hydrazine groups is 1. The largest absolute Gasteiger partial charge is 0.496 e.